The van der Waals surface area contributed by atoms with Gasteiger partial charge in [0.15, 0.2) is 5.78 Å². The van der Waals surface area contributed by atoms with E-state index in [9.17, 15) is 4.79 Å². The molecule has 0 amide bonds. The Labute approximate surface area is 128 Å². The Balaban J connectivity index is 1.76. The molecule has 0 radical (unpaired) electrons. The number of ketones is 1. The lowest BCUT2D eigenvalue weighted by molar-refractivity contribution is 0.0995. The van der Waals surface area contributed by atoms with Gasteiger partial charge in [0.25, 0.3) is 0 Å². The largest absolute Gasteiger partial charge is 0.481 e. The molecule has 0 unspecified atom stereocenters. The summed E-state index contributed by atoms with van der Waals surface area (Å²) in [6, 6.07) is 3.81. The first kappa shape index (κ1) is 14.2. The van der Waals surface area contributed by atoms with Crippen LogP contribution < -0.4 is 4.74 Å². The molecule has 2 heterocycles. The van der Waals surface area contributed by atoms with Gasteiger partial charge in [-0.05, 0) is 37.3 Å². The van der Waals surface area contributed by atoms with Crippen molar-refractivity contribution in [2.24, 2.45) is 0 Å². The first-order valence-electron chi connectivity index (χ1n) is 7.26. The van der Waals surface area contributed by atoms with E-state index >= 15 is 0 Å². The zero-order valence-electron chi connectivity index (χ0n) is 12.1. The van der Waals surface area contributed by atoms with E-state index < -0.39 is 0 Å². The first-order chi connectivity index (χ1) is 10.3. The van der Waals surface area contributed by atoms with Crippen LogP contribution in [0.15, 0.2) is 18.5 Å². The monoisotopic (exact) mass is 302 g/mol. The van der Waals surface area contributed by atoms with Crippen molar-refractivity contribution in [2.45, 2.75) is 38.5 Å². The van der Waals surface area contributed by atoms with Crippen LogP contribution in [0.5, 0.6) is 5.88 Å². The number of carbonyl (C=O) groups is 1. The Kier molecular flexibility index (Phi) is 4.29. The maximum Gasteiger partial charge on any atom is 0.216 e. The number of fused-ring (bicyclic) bond motifs is 1. The molecule has 5 heteroatoms. The van der Waals surface area contributed by atoms with Crippen molar-refractivity contribution >= 4 is 17.1 Å². The highest BCUT2D eigenvalue weighted by Gasteiger charge is 2.17. The second-order valence-electron chi connectivity index (χ2n) is 5.27. The molecule has 1 aliphatic carbocycles. The molecule has 0 saturated carbocycles. The van der Waals surface area contributed by atoms with Crippen LogP contribution in [0.3, 0.4) is 0 Å². The summed E-state index contributed by atoms with van der Waals surface area (Å²) in [5, 5.41) is 0. The Morgan fingerprint density at radius 3 is 2.95 bits per heavy atom. The van der Waals surface area contributed by atoms with E-state index in [0.717, 1.165) is 17.7 Å². The highest BCUT2D eigenvalue weighted by molar-refractivity contribution is 7.14. The average Bonchev–Trinajstić information content (AvgIpc) is 2.79. The summed E-state index contributed by atoms with van der Waals surface area (Å²) in [7, 11) is 1.56. The molecule has 0 bridgehead atoms. The van der Waals surface area contributed by atoms with Crippen LogP contribution in [0.1, 0.15) is 45.1 Å². The number of hydrogen-bond donors (Lipinski definition) is 0. The third kappa shape index (κ3) is 3.29. The van der Waals surface area contributed by atoms with Gasteiger partial charge in [-0.1, -0.05) is 6.42 Å². The number of methoxy groups -OCH3 is 1. The number of ether oxygens (including phenoxy) is 1. The summed E-state index contributed by atoms with van der Waals surface area (Å²) in [4.78, 5) is 22.8. The molecule has 0 atom stereocenters. The summed E-state index contributed by atoms with van der Waals surface area (Å²) >= 11 is 1.66. The minimum absolute atomic E-state index is 0.133. The summed E-state index contributed by atoms with van der Waals surface area (Å²) in [6.07, 6.45) is 7.74. The third-order valence-corrected chi connectivity index (χ3v) is 5.05. The number of rotatable bonds is 4. The Morgan fingerprint density at radius 1 is 1.24 bits per heavy atom. The van der Waals surface area contributed by atoms with Gasteiger partial charge in [-0.15, -0.1) is 11.3 Å². The van der Waals surface area contributed by atoms with Gasteiger partial charge in [-0.3, -0.25) is 4.79 Å². The normalized spacial score (nSPS) is 14.3. The Bertz CT molecular complexity index is 628. The van der Waals surface area contributed by atoms with E-state index in [0.29, 0.717) is 18.0 Å². The number of Topliss-reactive ketones (excluding diaryl/α,β-unsaturated/α-hetero) is 1. The van der Waals surface area contributed by atoms with Gasteiger partial charge in [-0.25, -0.2) is 9.97 Å². The standard InChI is InChI=1S/C16H18N2O2S/c1-20-16-9-12(17-10-18-16)8-13(19)15-7-11-5-3-2-4-6-14(11)21-15/h7,9-10H,2-6,8H2,1H3. The highest BCUT2D eigenvalue weighted by Crippen LogP contribution is 2.29. The molecule has 0 fully saturated rings. The number of aromatic nitrogens is 2. The predicted octanol–water partition coefficient (Wildman–Crippen LogP) is 3.24. The van der Waals surface area contributed by atoms with Crippen LogP contribution in [0.25, 0.3) is 0 Å². The minimum Gasteiger partial charge on any atom is -0.481 e. The molecule has 0 aliphatic heterocycles. The lowest BCUT2D eigenvalue weighted by Gasteiger charge is -2.01. The second kappa shape index (κ2) is 6.35. The quantitative estimate of drug-likeness (QED) is 0.642. The van der Waals surface area contributed by atoms with Gasteiger partial charge >= 0.3 is 0 Å². The summed E-state index contributed by atoms with van der Waals surface area (Å²) in [6.45, 7) is 0. The lowest BCUT2D eigenvalue weighted by Crippen LogP contribution is -2.04. The summed E-state index contributed by atoms with van der Waals surface area (Å²) < 4.78 is 5.06. The van der Waals surface area contributed by atoms with E-state index in [2.05, 4.69) is 16.0 Å². The molecular weight excluding hydrogens is 284 g/mol. The second-order valence-corrected chi connectivity index (χ2v) is 6.41. The fourth-order valence-electron chi connectivity index (χ4n) is 2.64. The molecular formula is C16H18N2O2S. The molecule has 0 saturated heterocycles. The molecule has 21 heavy (non-hydrogen) atoms. The van der Waals surface area contributed by atoms with E-state index in [-0.39, 0.29) is 5.78 Å². The smallest absolute Gasteiger partial charge is 0.216 e. The van der Waals surface area contributed by atoms with Crippen molar-refractivity contribution in [1.29, 1.82) is 0 Å². The van der Waals surface area contributed by atoms with Crippen LogP contribution in [0, 0.1) is 0 Å². The van der Waals surface area contributed by atoms with Gasteiger partial charge in [0.1, 0.15) is 6.33 Å². The van der Waals surface area contributed by atoms with Crippen molar-refractivity contribution < 1.29 is 9.53 Å². The number of hydrogen-bond acceptors (Lipinski definition) is 5. The first-order valence-corrected chi connectivity index (χ1v) is 8.07. The number of aryl methyl sites for hydroxylation is 2. The van der Waals surface area contributed by atoms with Gasteiger partial charge < -0.3 is 4.74 Å². The molecule has 2 aromatic rings. The van der Waals surface area contributed by atoms with Crippen LogP contribution in [0.2, 0.25) is 0 Å². The van der Waals surface area contributed by atoms with Crippen LogP contribution in [-0.4, -0.2) is 22.9 Å². The van der Waals surface area contributed by atoms with Gasteiger partial charge in [-0.2, -0.15) is 0 Å². The van der Waals surface area contributed by atoms with E-state index in [1.807, 2.05) is 0 Å². The molecule has 0 spiro atoms. The van der Waals surface area contributed by atoms with Crippen molar-refractivity contribution in [3.63, 3.8) is 0 Å². The average molecular weight is 302 g/mol. The number of thiophene rings is 1. The topological polar surface area (TPSA) is 52.1 Å². The summed E-state index contributed by atoms with van der Waals surface area (Å²) in [5.41, 5.74) is 2.08. The maximum absolute atomic E-state index is 12.4. The molecule has 3 rings (SSSR count). The Morgan fingerprint density at radius 2 is 2.10 bits per heavy atom. The van der Waals surface area contributed by atoms with Crippen LogP contribution in [-0.2, 0) is 19.3 Å². The molecule has 1 aliphatic rings. The van der Waals surface area contributed by atoms with E-state index in [1.54, 1.807) is 24.5 Å². The fraction of sp³-hybridized carbons (Fsp3) is 0.438. The maximum atomic E-state index is 12.4. The molecule has 2 aromatic heterocycles. The molecule has 0 N–H and O–H groups in total. The summed E-state index contributed by atoms with van der Waals surface area (Å²) in [5.74, 6) is 0.628. The molecule has 0 aromatic carbocycles. The van der Waals surface area contributed by atoms with Gasteiger partial charge in [0, 0.05) is 10.9 Å². The van der Waals surface area contributed by atoms with Gasteiger partial charge in [0.2, 0.25) is 5.88 Å². The minimum atomic E-state index is 0.133. The lowest BCUT2D eigenvalue weighted by atomic mass is 10.1. The highest BCUT2D eigenvalue weighted by atomic mass is 32.1. The zero-order valence-corrected chi connectivity index (χ0v) is 12.9. The number of carbonyl (C=O) groups excluding carboxylic acids is 1. The zero-order chi connectivity index (χ0) is 14.7. The van der Waals surface area contributed by atoms with Gasteiger partial charge in [0.05, 0.1) is 24.1 Å². The molecule has 110 valence electrons. The van der Waals surface area contributed by atoms with Crippen LogP contribution >= 0.6 is 11.3 Å². The third-order valence-electron chi connectivity index (χ3n) is 3.77. The fourth-order valence-corrected chi connectivity index (χ4v) is 3.83. The van der Waals surface area contributed by atoms with Crippen molar-refractivity contribution in [3.05, 3.63) is 39.5 Å². The van der Waals surface area contributed by atoms with Crippen molar-refractivity contribution in [1.82, 2.24) is 9.97 Å². The van der Waals surface area contributed by atoms with Crippen LogP contribution in [0.4, 0.5) is 0 Å². The molecule has 4 nitrogen and oxygen atoms in total. The predicted molar refractivity (Wildman–Crippen MR) is 82.2 cm³/mol. The number of nitrogens with zero attached hydrogens (tertiary/aromatic N) is 2. The van der Waals surface area contributed by atoms with Crippen molar-refractivity contribution in [3.8, 4) is 5.88 Å². The SMILES string of the molecule is COc1cc(CC(=O)c2cc3c(s2)CCCCC3)ncn1. The van der Waals surface area contributed by atoms with E-state index in [1.165, 1.54) is 36.0 Å². The Hall–Kier alpha value is -1.75. The van der Waals surface area contributed by atoms with Crippen molar-refractivity contribution in [2.75, 3.05) is 7.11 Å². The van der Waals surface area contributed by atoms with E-state index in [4.69, 9.17) is 4.74 Å².